The third-order valence-corrected chi connectivity index (χ3v) is 5.86. The summed E-state index contributed by atoms with van der Waals surface area (Å²) in [6.45, 7) is 3.54. The zero-order valence-corrected chi connectivity index (χ0v) is 17.5. The highest BCUT2D eigenvalue weighted by Gasteiger charge is 2.24. The van der Waals surface area contributed by atoms with Crippen LogP contribution in [0, 0.1) is 6.92 Å². The third-order valence-electron chi connectivity index (χ3n) is 4.72. The van der Waals surface area contributed by atoms with Gasteiger partial charge in [0.05, 0.1) is 11.0 Å². The van der Waals surface area contributed by atoms with Gasteiger partial charge in [-0.15, -0.1) is 0 Å². The van der Waals surface area contributed by atoms with E-state index in [1.165, 1.54) is 18.7 Å². The van der Waals surface area contributed by atoms with Gasteiger partial charge in [0.1, 0.15) is 5.25 Å². The summed E-state index contributed by atoms with van der Waals surface area (Å²) in [5.41, 5.74) is 4.98. The minimum atomic E-state index is -0.506. The van der Waals surface area contributed by atoms with E-state index in [2.05, 4.69) is 15.3 Å². The molecule has 2 N–H and O–H groups in total. The number of H-pyrrole nitrogens is 1. The number of Topliss-reactive ketones (excluding diaryl/α,β-unsaturated/α-hetero) is 1. The SMILES string of the molecule is CC(=O)c1cccc(NC(=O)[C@@H](Sc2nc3ccc(C)cc3[nH]2)c2ccccc2)c1. The van der Waals surface area contributed by atoms with E-state index in [9.17, 15) is 9.59 Å². The Balaban J connectivity index is 1.63. The lowest BCUT2D eigenvalue weighted by molar-refractivity contribution is -0.115. The predicted molar refractivity (Wildman–Crippen MR) is 121 cm³/mol. The van der Waals surface area contributed by atoms with Crippen LogP contribution in [0.2, 0.25) is 0 Å². The van der Waals surface area contributed by atoms with Crippen LogP contribution < -0.4 is 5.32 Å². The second-order valence-electron chi connectivity index (χ2n) is 7.10. The highest BCUT2D eigenvalue weighted by molar-refractivity contribution is 8.00. The second kappa shape index (κ2) is 8.55. The second-order valence-corrected chi connectivity index (χ2v) is 8.19. The van der Waals surface area contributed by atoms with Crippen molar-refractivity contribution in [3.63, 3.8) is 0 Å². The highest BCUT2D eigenvalue weighted by atomic mass is 32.2. The van der Waals surface area contributed by atoms with Gasteiger partial charge in [0.2, 0.25) is 5.91 Å². The Hall–Kier alpha value is -3.38. The minimum Gasteiger partial charge on any atom is -0.333 e. The van der Waals surface area contributed by atoms with Gasteiger partial charge in [-0.3, -0.25) is 9.59 Å². The number of ketones is 1. The first-order valence-corrected chi connectivity index (χ1v) is 10.5. The average Bonchev–Trinajstić information content (AvgIpc) is 3.14. The number of hydrogen-bond donors (Lipinski definition) is 2. The van der Waals surface area contributed by atoms with Crippen molar-refractivity contribution in [2.75, 3.05) is 5.32 Å². The molecule has 1 amide bonds. The van der Waals surface area contributed by atoms with E-state index in [1.807, 2.05) is 55.5 Å². The fourth-order valence-corrected chi connectivity index (χ4v) is 4.19. The molecule has 30 heavy (non-hydrogen) atoms. The fraction of sp³-hybridized carbons (Fsp3) is 0.125. The van der Waals surface area contributed by atoms with Gasteiger partial charge in [0, 0.05) is 11.3 Å². The first kappa shape index (κ1) is 19.9. The first-order chi connectivity index (χ1) is 14.5. The van der Waals surface area contributed by atoms with Gasteiger partial charge < -0.3 is 10.3 Å². The van der Waals surface area contributed by atoms with Gasteiger partial charge in [-0.1, -0.05) is 60.3 Å². The lowest BCUT2D eigenvalue weighted by atomic mass is 10.1. The molecular weight excluding hydrogens is 394 g/mol. The molecular formula is C24H21N3O2S. The summed E-state index contributed by atoms with van der Waals surface area (Å²) >= 11 is 1.37. The Labute approximate surface area is 178 Å². The van der Waals surface area contributed by atoms with Crippen molar-refractivity contribution >= 4 is 40.2 Å². The lowest BCUT2D eigenvalue weighted by Gasteiger charge is -2.16. The number of anilines is 1. The van der Waals surface area contributed by atoms with Crippen molar-refractivity contribution in [3.8, 4) is 0 Å². The van der Waals surface area contributed by atoms with Crippen LogP contribution in [-0.2, 0) is 4.79 Å². The topological polar surface area (TPSA) is 74.8 Å². The number of thioether (sulfide) groups is 1. The van der Waals surface area contributed by atoms with E-state index in [0.29, 0.717) is 16.4 Å². The van der Waals surface area contributed by atoms with E-state index in [1.54, 1.807) is 24.3 Å². The van der Waals surface area contributed by atoms with E-state index in [4.69, 9.17) is 0 Å². The molecule has 0 saturated heterocycles. The van der Waals surface area contributed by atoms with Crippen molar-refractivity contribution in [3.05, 3.63) is 89.5 Å². The number of fused-ring (bicyclic) bond motifs is 1. The summed E-state index contributed by atoms with van der Waals surface area (Å²) in [6.07, 6.45) is 0. The summed E-state index contributed by atoms with van der Waals surface area (Å²) in [4.78, 5) is 32.8. The maximum absolute atomic E-state index is 13.2. The molecule has 3 aromatic carbocycles. The van der Waals surface area contributed by atoms with E-state index < -0.39 is 5.25 Å². The Bertz CT molecular complexity index is 1220. The molecule has 1 aromatic heterocycles. The molecule has 0 saturated carbocycles. The number of benzene rings is 3. The maximum Gasteiger partial charge on any atom is 0.242 e. The number of aryl methyl sites for hydroxylation is 1. The number of hydrogen-bond acceptors (Lipinski definition) is 4. The molecule has 0 bridgehead atoms. The molecule has 150 valence electrons. The standard InChI is InChI=1S/C24H21N3O2S/c1-15-11-12-20-21(13-15)27-24(26-20)30-22(17-7-4-3-5-8-17)23(29)25-19-10-6-9-18(14-19)16(2)28/h3-14,22H,1-2H3,(H,25,29)(H,26,27)/t22-/m0/s1. The number of carbonyl (C=O) groups is 2. The first-order valence-electron chi connectivity index (χ1n) is 9.59. The molecule has 4 aromatic rings. The van der Waals surface area contributed by atoms with Crippen molar-refractivity contribution in [2.45, 2.75) is 24.3 Å². The van der Waals surface area contributed by atoms with Crippen LogP contribution in [-0.4, -0.2) is 21.7 Å². The van der Waals surface area contributed by atoms with Crippen LogP contribution in [0.1, 0.15) is 33.7 Å². The predicted octanol–water partition coefficient (Wildman–Crippen LogP) is 5.55. The number of amides is 1. The number of nitrogens with zero attached hydrogens (tertiary/aromatic N) is 1. The van der Waals surface area contributed by atoms with Crippen molar-refractivity contribution in [1.82, 2.24) is 9.97 Å². The molecule has 0 fully saturated rings. The quantitative estimate of drug-likeness (QED) is 0.320. The van der Waals surface area contributed by atoms with Gasteiger partial charge in [0.25, 0.3) is 0 Å². The van der Waals surface area contributed by atoms with Crippen molar-refractivity contribution < 1.29 is 9.59 Å². The minimum absolute atomic E-state index is 0.0438. The van der Waals surface area contributed by atoms with Gasteiger partial charge >= 0.3 is 0 Å². The van der Waals surface area contributed by atoms with Crippen molar-refractivity contribution in [2.24, 2.45) is 0 Å². The molecule has 1 heterocycles. The molecule has 0 aliphatic heterocycles. The van der Waals surface area contributed by atoms with Crippen LogP contribution in [0.3, 0.4) is 0 Å². The smallest absolute Gasteiger partial charge is 0.242 e. The maximum atomic E-state index is 13.2. The Morgan fingerprint density at radius 1 is 1.00 bits per heavy atom. The average molecular weight is 416 g/mol. The van der Waals surface area contributed by atoms with Gasteiger partial charge in [-0.2, -0.15) is 0 Å². The number of aromatic amines is 1. The zero-order chi connectivity index (χ0) is 21.1. The molecule has 1 atom stereocenters. The summed E-state index contributed by atoms with van der Waals surface area (Å²) in [6, 6.07) is 22.6. The zero-order valence-electron chi connectivity index (χ0n) is 16.7. The molecule has 0 aliphatic carbocycles. The molecule has 5 nitrogen and oxygen atoms in total. The van der Waals surface area contributed by atoms with Crippen LogP contribution in [0.5, 0.6) is 0 Å². The molecule has 4 rings (SSSR count). The number of aromatic nitrogens is 2. The summed E-state index contributed by atoms with van der Waals surface area (Å²) in [5, 5.41) is 3.12. The van der Waals surface area contributed by atoms with E-state index in [-0.39, 0.29) is 11.7 Å². The van der Waals surface area contributed by atoms with Crippen LogP contribution in [0.25, 0.3) is 11.0 Å². The van der Waals surface area contributed by atoms with E-state index in [0.717, 1.165) is 22.2 Å². The molecule has 6 heteroatoms. The van der Waals surface area contributed by atoms with Gasteiger partial charge in [0.15, 0.2) is 10.9 Å². The third kappa shape index (κ3) is 4.44. The molecule has 0 unspecified atom stereocenters. The van der Waals surface area contributed by atoms with Crippen LogP contribution >= 0.6 is 11.8 Å². The fourth-order valence-electron chi connectivity index (χ4n) is 3.19. The lowest BCUT2D eigenvalue weighted by Crippen LogP contribution is -2.19. The van der Waals surface area contributed by atoms with Gasteiger partial charge in [-0.05, 0) is 49.2 Å². The van der Waals surface area contributed by atoms with Crippen LogP contribution in [0.4, 0.5) is 5.69 Å². The van der Waals surface area contributed by atoms with Crippen molar-refractivity contribution in [1.29, 1.82) is 0 Å². The normalized spacial score (nSPS) is 11.9. The molecule has 0 aliphatic rings. The Kier molecular flexibility index (Phi) is 5.68. The summed E-state index contributed by atoms with van der Waals surface area (Å²) in [5.74, 6) is -0.221. The highest BCUT2D eigenvalue weighted by Crippen LogP contribution is 2.35. The molecule has 0 spiro atoms. The number of carbonyl (C=O) groups excluding carboxylic acids is 2. The van der Waals surface area contributed by atoms with Crippen LogP contribution in [0.15, 0.2) is 78.0 Å². The Morgan fingerprint density at radius 2 is 1.80 bits per heavy atom. The summed E-state index contributed by atoms with van der Waals surface area (Å²) < 4.78 is 0. The monoisotopic (exact) mass is 415 g/mol. The number of imidazole rings is 1. The van der Waals surface area contributed by atoms with Gasteiger partial charge in [-0.25, -0.2) is 4.98 Å². The molecule has 0 radical (unpaired) electrons. The summed E-state index contributed by atoms with van der Waals surface area (Å²) in [7, 11) is 0. The van der Waals surface area contributed by atoms with E-state index >= 15 is 0 Å². The number of rotatable bonds is 6. The number of nitrogens with one attached hydrogen (secondary N) is 2. The largest absolute Gasteiger partial charge is 0.333 e. The Morgan fingerprint density at radius 3 is 2.57 bits per heavy atom.